The van der Waals surface area contributed by atoms with Crippen LogP contribution in [0.2, 0.25) is 0 Å². The van der Waals surface area contributed by atoms with E-state index in [1.165, 1.54) is 0 Å². The van der Waals surface area contributed by atoms with Crippen molar-refractivity contribution in [2.45, 2.75) is 12.8 Å². The highest BCUT2D eigenvalue weighted by Gasteiger charge is 2.20. The van der Waals surface area contributed by atoms with Gasteiger partial charge < -0.3 is 20.9 Å². The van der Waals surface area contributed by atoms with E-state index >= 15 is 0 Å². The molecule has 0 unspecified atom stereocenters. The van der Waals surface area contributed by atoms with Crippen LogP contribution in [0.4, 0.5) is 5.82 Å². The molecule has 0 radical (unpaired) electrons. The van der Waals surface area contributed by atoms with Crippen LogP contribution in [0.5, 0.6) is 0 Å². The Labute approximate surface area is 162 Å². The van der Waals surface area contributed by atoms with Gasteiger partial charge >= 0.3 is 0 Å². The lowest BCUT2D eigenvalue weighted by molar-refractivity contribution is -0.130. The fourth-order valence-electron chi connectivity index (χ4n) is 3.31. The van der Waals surface area contributed by atoms with Crippen LogP contribution in [0.3, 0.4) is 0 Å². The summed E-state index contributed by atoms with van der Waals surface area (Å²) < 4.78 is 0. The Bertz CT molecular complexity index is 1010. The second-order valence-corrected chi connectivity index (χ2v) is 6.76. The SMILES string of the molecule is CNCCC(=O)N1CC=C(c2cnc(N)c(-c3nc4ccccc4[nH]3)n2)CC1. The van der Waals surface area contributed by atoms with Gasteiger partial charge in [-0.1, -0.05) is 18.2 Å². The quantitative estimate of drug-likeness (QED) is 0.625. The molecule has 0 saturated carbocycles. The summed E-state index contributed by atoms with van der Waals surface area (Å²) in [4.78, 5) is 30.9. The van der Waals surface area contributed by atoms with Crippen molar-refractivity contribution >= 4 is 28.3 Å². The van der Waals surface area contributed by atoms with Crippen molar-refractivity contribution in [1.29, 1.82) is 0 Å². The van der Waals surface area contributed by atoms with Gasteiger partial charge in [0.2, 0.25) is 5.91 Å². The number of para-hydroxylation sites is 2. The van der Waals surface area contributed by atoms with E-state index < -0.39 is 0 Å². The van der Waals surface area contributed by atoms with Gasteiger partial charge in [0.25, 0.3) is 0 Å². The van der Waals surface area contributed by atoms with Gasteiger partial charge in [0.15, 0.2) is 11.6 Å². The van der Waals surface area contributed by atoms with E-state index in [1.807, 2.05) is 42.3 Å². The number of H-pyrrole nitrogens is 1. The molecular weight excluding hydrogens is 354 g/mol. The summed E-state index contributed by atoms with van der Waals surface area (Å²) in [5.74, 6) is 1.10. The number of nitrogens with one attached hydrogen (secondary N) is 2. The van der Waals surface area contributed by atoms with Gasteiger partial charge in [-0.3, -0.25) is 4.79 Å². The number of amides is 1. The molecule has 3 aromatic rings. The zero-order valence-corrected chi connectivity index (χ0v) is 15.8. The van der Waals surface area contributed by atoms with E-state index in [9.17, 15) is 4.79 Å². The van der Waals surface area contributed by atoms with Gasteiger partial charge in [0, 0.05) is 26.1 Å². The lowest BCUT2D eigenvalue weighted by Gasteiger charge is -2.26. The van der Waals surface area contributed by atoms with E-state index in [0.29, 0.717) is 43.4 Å². The van der Waals surface area contributed by atoms with Crippen LogP contribution in [0, 0.1) is 0 Å². The molecule has 0 spiro atoms. The first-order valence-corrected chi connectivity index (χ1v) is 9.35. The number of aromatic nitrogens is 4. The monoisotopic (exact) mass is 377 g/mol. The van der Waals surface area contributed by atoms with Crippen molar-refractivity contribution in [1.82, 2.24) is 30.2 Å². The van der Waals surface area contributed by atoms with Crippen LogP contribution in [-0.4, -0.2) is 57.4 Å². The average molecular weight is 377 g/mol. The second kappa shape index (κ2) is 7.77. The van der Waals surface area contributed by atoms with Crippen LogP contribution in [0.1, 0.15) is 18.5 Å². The van der Waals surface area contributed by atoms with Gasteiger partial charge in [0.1, 0.15) is 5.69 Å². The summed E-state index contributed by atoms with van der Waals surface area (Å²) in [5, 5.41) is 3.01. The number of rotatable bonds is 5. The van der Waals surface area contributed by atoms with Gasteiger partial charge in [0.05, 0.1) is 22.9 Å². The minimum atomic E-state index is 0.163. The molecule has 0 bridgehead atoms. The number of hydrogen-bond donors (Lipinski definition) is 3. The first kappa shape index (κ1) is 18.1. The molecule has 144 valence electrons. The molecule has 0 fully saturated rings. The molecule has 0 aliphatic carbocycles. The minimum absolute atomic E-state index is 0.163. The number of carbonyl (C=O) groups is 1. The normalized spacial score (nSPS) is 14.3. The summed E-state index contributed by atoms with van der Waals surface area (Å²) in [6.07, 6.45) is 4.98. The Morgan fingerprint density at radius 3 is 2.93 bits per heavy atom. The van der Waals surface area contributed by atoms with Crippen LogP contribution in [0.15, 0.2) is 36.5 Å². The zero-order valence-electron chi connectivity index (χ0n) is 15.8. The van der Waals surface area contributed by atoms with Crippen LogP contribution >= 0.6 is 0 Å². The van der Waals surface area contributed by atoms with Crippen molar-refractivity contribution in [2.75, 3.05) is 32.4 Å². The number of anilines is 1. The molecule has 8 heteroatoms. The maximum Gasteiger partial charge on any atom is 0.224 e. The highest BCUT2D eigenvalue weighted by atomic mass is 16.2. The molecule has 4 N–H and O–H groups in total. The number of aromatic amines is 1. The Morgan fingerprint density at radius 1 is 1.32 bits per heavy atom. The first-order valence-electron chi connectivity index (χ1n) is 9.35. The predicted octanol–water partition coefficient (Wildman–Crippen LogP) is 1.83. The third-order valence-electron chi connectivity index (χ3n) is 4.89. The van der Waals surface area contributed by atoms with Gasteiger partial charge in [-0.2, -0.15) is 0 Å². The number of hydrogen-bond acceptors (Lipinski definition) is 6. The van der Waals surface area contributed by atoms with Crippen LogP contribution < -0.4 is 11.1 Å². The third kappa shape index (κ3) is 3.59. The molecule has 1 aliphatic rings. The number of nitrogen functional groups attached to an aromatic ring is 1. The predicted molar refractivity (Wildman–Crippen MR) is 109 cm³/mol. The lowest BCUT2D eigenvalue weighted by atomic mass is 10.0. The highest BCUT2D eigenvalue weighted by Crippen LogP contribution is 2.26. The zero-order chi connectivity index (χ0) is 19.5. The number of fused-ring (bicyclic) bond motifs is 1. The Hall–Kier alpha value is -3.26. The Balaban J connectivity index is 1.57. The molecule has 1 amide bonds. The number of nitrogens with two attached hydrogens (primary N) is 1. The molecule has 8 nitrogen and oxygen atoms in total. The standard InChI is InChI=1S/C20H23N7O/c1-22-9-6-17(28)27-10-7-13(8-11-27)16-12-23-19(21)18(24-16)20-25-14-4-2-3-5-15(14)26-20/h2-5,7,12,22H,6,8-11H2,1H3,(H2,21,23)(H,25,26). The summed E-state index contributed by atoms with van der Waals surface area (Å²) >= 11 is 0. The Kier molecular flexibility index (Phi) is 5.03. The molecule has 2 aromatic heterocycles. The summed E-state index contributed by atoms with van der Waals surface area (Å²) in [6.45, 7) is 1.96. The van der Waals surface area contributed by atoms with E-state index in [-0.39, 0.29) is 5.91 Å². The summed E-state index contributed by atoms with van der Waals surface area (Å²) in [7, 11) is 1.85. The number of carbonyl (C=O) groups excluding carboxylic acids is 1. The van der Waals surface area contributed by atoms with Crippen molar-refractivity contribution in [3.05, 3.63) is 42.2 Å². The minimum Gasteiger partial charge on any atom is -0.382 e. The van der Waals surface area contributed by atoms with Crippen LogP contribution in [0.25, 0.3) is 28.1 Å². The van der Waals surface area contributed by atoms with Crippen molar-refractivity contribution in [3.8, 4) is 11.5 Å². The van der Waals surface area contributed by atoms with Gasteiger partial charge in [-0.05, 0) is 31.2 Å². The number of imidazole rings is 1. The second-order valence-electron chi connectivity index (χ2n) is 6.76. The van der Waals surface area contributed by atoms with Gasteiger partial charge in [-0.25, -0.2) is 15.0 Å². The highest BCUT2D eigenvalue weighted by molar-refractivity contribution is 5.81. The molecule has 0 saturated heterocycles. The number of benzene rings is 1. The van der Waals surface area contributed by atoms with E-state index in [4.69, 9.17) is 10.7 Å². The van der Waals surface area contributed by atoms with Crippen molar-refractivity contribution in [2.24, 2.45) is 0 Å². The third-order valence-corrected chi connectivity index (χ3v) is 4.89. The largest absolute Gasteiger partial charge is 0.382 e. The summed E-state index contributed by atoms with van der Waals surface area (Å²) in [6, 6.07) is 7.79. The summed E-state index contributed by atoms with van der Waals surface area (Å²) in [5.41, 5.74) is 10.2. The maximum atomic E-state index is 12.2. The van der Waals surface area contributed by atoms with Crippen molar-refractivity contribution < 1.29 is 4.79 Å². The molecule has 4 rings (SSSR count). The van der Waals surface area contributed by atoms with E-state index in [0.717, 1.165) is 28.7 Å². The average Bonchev–Trinajstić information content (AvgIpc) is 3.16. The fraction of sp³-hybridized carbons (Fsp3) is 0.300. The van der Waals surface area contributed by atoms with E-state index in [1.54, 1.807) is 6.20 Å². The van der Waals surface area contributed by atoms with E-state index in [2.05, 4.69) is 20.3 Å². The Morgan fingerprint density at radius 2 is 2.18 bits per heavy atom. The molecular formula is C20H23N7O. The lowest BCUT2D eigenvalue weighted by Crippen LogP contribution is -2.36. The number of nitrogens with zero attached hydrogens (tertiary/aromatic N) is 4. The molecule has 1 aromatic carbocycles. The molecule has 0 atom stereocenters. The van der Waals surface area contributed by atoms with Gasteiger partial charge in [-0.15, -0.1) is 0 Å². The van der Waals surface area contributed by atoms with Crippen LogP contribution in [-0.2, 0) is 4.79 Å². The smallest absolute Gasteiger partial charge is 0.224 e. The fourth-order valence-corrected chi connectivity index (χ4v) is 3.31. The molecule has 28 heavy (non-hydrogen) atoms. The molecule has 3 heterocycles. The molecule has 1 aliphatic heterocycles. The van der Waals surface area contributed by atoms with Crippen molar-refractivity contribution in [3.63, 3.8) is 0 Å². The maximum absolute atomic E-state index is 12.2. The topological polar surface area (TPSA) is 113 Å². The first-order chi connectivity index (χ1) is 13.7.